The largest absolute Gasteiger partial charge is 0.375 e. The molecular weight excluding hydrogens is 492 g/mol. The van der Waals surface area contributed by atoms with Crippen LogP contribution in [0.4, 0.5) is 0 Å². The Morgan fingerprint density at radius 1 is 0.500 bits per heavy atom. The molecule has 0 aliphatic carbocycles. The molecule has 3 atom stereocenters. The fraction of sp³-hybridized carbons (Fsp3) is 1.00. The minimum absolute atomic E-state index is 0.165. The van der Waals surface area contributed by atoms with Gasteiger partial charge in [-0.25, -0.2) is 0 Å². The Morgan fingerprint density at radius 2 is 0.900 bits per heavy atom. The summed E-state index contributed by atoms with van der Waals surface area (Å²) in [6.07, 6.45) is 30.8. The lowest BCUT2D eigenvalue weighted by Crippen LogP contribution is -2.49. The number of unbranched alkanes of at least 4 members (excludes halogenated alkanes) is 14. The average Bonchev–Trinajstić information content (AvgIpc) is 2.93. The van der Waals surface area contributed by atoms with Crippen molar-refractivity contribution in [3.8, 4) is 0 Å². The standard InChI is InChI=1S/C36H77N2O2/c1-7-11-15-17-19-23-27-34(26-21-13-9-3)39-33-36(32-38(5,6)31-25-30-37)40-35(28-22-14-10-4)29-24-20-18-16-12-8-2/h34-36H,7-33,37H2,1-6H3/q+1. The molecule has 0 bridgehead atoms. The van der Waals surface area contributed by atoms with Crippen LogP contribution in [0.1, 0.15) is 175 Å². The predicted octanol–water partition coefficient (Wildman–Crippen LogP) is 10.2. The number of ether oxygens (including phenoxy) is 2. The first kappa shape index (κ1) is 39.8. The van der Waals surface area contributed by atoms with Crippen molar-refractivity contribution < 1.29 is 14.0 Å². The first-order valence-electron chi connectivity index (χ1n) is 18.2. The minimum Gasteiger partial charge on any atom is -0.375 e. The molecule has 4 heteroatoms. The zero-order chi connectivity index (χ0) is 29.7. The van der Waals surface area contributed by atoms with Gasteiger partial charge >= 0.3 is 0 Å². The van der Waals surface area contributed by atoms with Crippen LogP contribution in [0, 0.1) is 0 Å². The zero-order valence-corrected chi connectivity index (χ0v) is 28.7. The molecule has 4 nitrogen and oxygen atoms in total. The summed E-state index contributed by atoms with van der Waals surface area (Å²) in [7, 11) is 4.70. The second kappa shape index (κ2) is 28.9. The molecule has 2 N–H and O–H groups in total. The summed E-state index contributed by atoms with van der Waals surface area (Å²) < 4.78 is 14.7. The topological polar surface area (TPSA) is 44.5 Å². The summed E-state index contributed by atoms with van der Waals surface area (Å²) in [5, 5.41) is 0. The van der Waals surface area contributed by atoms with E-state index in [1.54, 1.807) is 0 Å². The van der Waals surface area contributed by atoms with Crippen LogP contribution in [0.3, 0.4) is 0 Å². The maximum atomic E-state index is 7.01. The van der Waals surface area contributed by atoms with E-state index in [0.29, 0.717) is 12.2 Å². The van der Waals surface area contributed by atoms with Crippen molar-refractivity contribution >= 4 is 0 Å². The summed E-state index contributed by atoms with van der Waals surface area (Å²) in [4.78, 5) is 0. The molecule has 0 aliphatic heterocycles. The van der Waals surface area contributed by atoms with E-state index in [-0.39, 0.29) is 6.10 Å². The van der Waals surface area contributed by atoms with Crippen molar-refractivity contribution in [1.29, 1.82) is 0 Å². The lowest BCUT2D eigenvalue weighted by molar-refractivity contribution is -0.893. The van der Waals surface area contributed by atoms with Crippen LogP contribution >= 0.6 is 0 Å². The zero-order valence-electron chi connectivity index (χ0n) is 28.7. The third kappa shape index (κ3) is 25.5. The van der Waals surface area contributed by atoms with Crippen LogP contribution in [0.5, 0.6) is 0 Å². The Morgan fingerprint density at radius 3 is 1.38 bits per heavy atom. The fourth-order valence-electron chi connectivity index (χ4n) is 5.95. The molecule has 0 fully saturated rings. The highest BCUT2D eigenvalue weighted by Gasteiger charge is 2.26. The van der Waals surface area contributed by atoms with Gasteiger partial charge in [-0.3, -0.25) is 0 Å². The molecule has 0 radical (unpaired) electrons. The SMILES string of the molecule is CCCCCCCCC(CCCCC)OCC(C[N+](C)(C)CCCN)OC(CCCCC)CCCCCCCC. The van der Waals surface area contributed by atoms with Crippen LogP contribution in [0.25, 0.3) is 0 Å². The van der Waals surface area contributed by atoms with Crippen molar-refractivity contribution in [2.75, 3.05) is 40.3 Å². The van der Waals surface area contributed by atoms with Gasteiger partial charge in [0.05, 0.1) is 39.5 Å². The molecule has 0 saturated heterocycles. The van der Waals surface area contributed by atoms with Gasteiger partial charge < -0.3 is 19.7 Å². The van der Waals surface area contributed by atoms with E-state index in [1.807, 2.05) is 0 Å². The smallest absolute Gasteiger partial charge is 0.130 e. The molecule has 40 heavy (non-hydrogen) atoms. The van der Waals surface area contributed by atoms with Gasteiger partial charge in [-0.15, -0.1) is 0 Å². The average molecular weight is 570 g/mol. The number of nitrogens with two attached hydrogens (primary N) is 1. The minimum atomic E-state index is 0.165. The molecular formula is C36H77N2O2+. The van der Waals surface area contributed by atoms with E-state index in [2.05, 4.69) is 41.8 Å². The van der Waals surface area contributed by atoms with E-state index in [0.717, 1.165) is 37.1 Å². The van der Waals surface area contributed by atoms with Crippen LogP contribution in [-0.2, 0) is 9.47 Å². The second-order valence-corrected chi connectivity index (χ2v) is 13.4. The van der Waals surface area contributed by atoms with Crippen LogP contribution < -0.4 is 5.73 Å². The number of rotatable bonds is 32. The Bertz CT molecular complexity index is 499. The van der Waals surface area contributed by atoms with Gasteiger partial charge in [0.25, 0.3) is 0 Å². The molecule has 0 rings (SSSR count). The molecule has 242 valence electrons. The van der Waals surface area contributed by atoms with Gasteiger partial charge in [0, 0.05) is 6.42 Å². The van der Waals surface area contributed by atoms with Crippen molar-refractivity contribution in [1.82, 2.24) is 0 Å². The predicted molar refractivity (Wildman–Crippen MR) is 178 cm³/mol. The first-order chi connectivity index (χ1) is 19.4. The number of hydrogen-bond acceptors (Lipinski definition) is 3. The maximum absolute atomic E-state index is 7.01. The summed E-state index contributed by atoms with van der Waals surface area (Å²) >= 11 is 0. The molecule has 0 aliphatic rings. The number of hydrogen-bond donors (Lipinski definition) is 1. The van der Waals surface area contributed by atoms with Crippen LogP contribution in [0.2, 0.25) is 0 Å². The Kier molecular flexibility index (Phi) is 28.8. The molecule has 0 saturated carbocycles. The third-order valence-corrected chi connectivity index (χ3v) is 8.59. The van der Waals surface area contributed by atoms with Gasteiger partial charge in [-0.05, 0) is 32.2 Å². The fourth-order valence-corrected chi connectivity index (χ4v) is 5.95. The quantitative estimate of drug-likeness (QED) is 0.0647. The number of quaternary nitrogens is 1. The summed E-state index contributed by atoms with van der Waals surface area (Å²) in [5.41, 5.74) is 5.89. The Balaban J connectivity index is 5.23. The molecule has 0 amide bonds. The van der Waals surface area contributed by atoms with Gasteiger partial charge in [0.15, 0.2) is 0 Å². The summed E-state index contributed by atoms with van der Waals surface area (Å²) in [6, 6.07) is 0. The van der Waals surface area contributed by atoms with Crippen molar-refractivity contribution in [3.05, 3.63) is 0 Å². The molecule has 0 heterocycles. The highest BCUT2D eigenvalue weighted by molar-refractivity contribution is 4.68. The van der Waals surface area contributed by atoms with Crippen molar-refractivity contribution in [2.45, 2.75) is 194 Å². The number of likely N-dealkylation sites (N-methyl/N-ethyl adjacent to an activating group) is 1. The molecule has 3 unspecified atom stereocenters. The van der Waals surface area contributed by atoms with Gasteiger partial charge in [-0.1, -0.05) is 143 Å². The number of nitrogens with zero attached hydrogens (tertiary/aromatic N) is 1. The molecule has 0 aromatic carbocycles. The van der Waals surface area contributed by atoms with E-state index in [9.17, 15) is 0 Å². The van der Waals surface area contributed by atoms with E-state index < -0.39 is 0 Å². The Hall–Kier alpha value is -0.160. The highest BCUT2D eigenvalue weighted by atomic mass is 16.5. The van der Waals surface area contributed by atoms with Gasteiger partial charge in [0.1, 0.15) is 12.6 Å². The molecule has 0 aromatic rings. The summed E-state index contributed by atoms with van der Waals surface area (Å²) in [6.45, 7) is 12.8. The first-order valence-corrected chi connectivity index (χ1v) is 18.2. The van der Waals surface area contributed by atoms with E-state index in [1.165, 1.54) is 141 Å². The van der Waals surface area contributed by atoms with Gasteiger partial charge in [0.2, 0.25) is 0 Å². The lowest BCUT2D eigenvalue weighted by atomic mass is 10.0. The van der Waals surface area contributed by atoms with Crippen LogP contribution in [0.15, 0.2) is 0 Å². The van der Waals surface area contributed by atoms with E-state index in [4.69, 9.17) is 15.2 Å². The maximum Gasteiger partial charge on any atom is 0.130 e. The summed E-state index contributed by atoms with van der Waals surface area (Å²) in [5.74, 6) is 0. The van der Waals surface area contributed by atoms with Crippen molar-refractivity contribution in [3.63, 3.8) is 0 Å². The van der Waals surface area contributed by atoms with Crippen molar-refractivity contribution in [2.24, 2.45) is 5.73 Å². The van der Waals surface area contributed by atoms with Gasteiger partial charge in [-0.2, -0.15) is 0 Å². The molecule has 0 aromatic heterocycles. The normalized spacial score (nSPS) is 14.5. The van der Waals surface area contributed by atoms with Crippen LogP contribution in [-0.4, -0.2) is 63.1 Å². The third-order valence-electron chi connectivity index (χ3n) is 8.59. The molecule has 0 spiro atoms. The lowest BCUT2D eigenvalue weighted by Gasteiger charge is -2.35. The Labute approximate surface area is 253 Å². The monoisotopic (exact) mass is 570 g/mol. The van der Waals surface area contributed by atoms with E-state index >= 15 is 0 Å². The second-order valence-electron chi connectivity index (χ2n) is 13.4. The highest BCUT2D eigenvalue weighted by Crippen LogP contribution is 2.21.